The molecule has 0 rings (SSSR count). The summed E-state index contributed by atoms with van der Waals surface area (Å²) in [6, 6.07) is 0. The van der Waals surface area contributed by atoms with Gasteiger partial charge in [-0.05, 0) is 19.3 Å². The van der Waals surface area contributed by atoms with Crippen LogP contribution < -0.4 is 0 Å². The minimum Gasteiger partial charge on any atom is -0.396 e. The van der Waals surface area contributed by atoms with Crippen molar-refractivity contribution in [2.45, 2.75) is 32.6 Å². The molecule has 0 aliphatic heterocycles. The highest BCUT2D eigenvalue weighted by atomic mass is 16.6. The van der Waals surface area contributed by atoms with Crippen LogP contribution in [0.3, 0.4) is 0 Å². The molecule has 0 spiro atoms. The second-order valence-corrected chi connectivity index (χ2v) is 2.12. The van der Waals surface area contributed by atoms with Gasteiger partial charge in [-0.25, -0.2) is 0 Å². The van der Waals surface area contributed by atoms with E-state index in [9.17, 15) is 0 Å². The maximum Gasteiger partial charge on any atom is 0.117 e. The first-order valence-corrected chi connectivity index (χ1v) is 3.84. The predicted octanol–water partition coefficient (Wildman–Crippen LogP) is 2.40. The van der Waals surface area contributed by atoms with Crippen molar-refractivity contribution >= 4 is 6.21 Å². The lowest BCUT2D eigenvalue weighted by atomic mass is 10.4. The number of hydrogen-bond donors (Lipinski definition) is 0. The molecule has 0 saturated carbocycles. The van der Waals surface area contributed by atoms with Gasteiger partial charge in [-0.3, -0.25) is 0 Å². The first-order chi connectivity index (χ1) is 4.91. The second kappa shape index (κ2) is 8.47. The third-order valence-electron chi connectivity index (χ3n) is 1.07. The van der Waals surface area contributed by atoms with E-state index < -0.39 is 0 Å². The fourth-order valence-electron chi connectivity index (χ4n) is 0.458. The lowest BCUT2D eigenvalue weighted by molar-refractivity contribution is 0.142. The minimum atomic E-state index is 0.740. The molecule has 2 nitrogen and oxygen atoms in total. The second-order valence-electron chi connectivity index (χ2n) is 2.12. The molecule has 2 heteroatoms. The summed E-state index contributed by atoms with van der Waals surface area (Å²) < 4.78 is 0. The molecule has 59 valence electrons. The molecule has 1 radical (unpaired) electrons. The Morgan fingerprint density at radius 1 is 1.60 bits per heavy atom. The zero-order valence-electron chi connectivity index (χ0n) is 6.68. The predicted molar refractivity (Wildman–Crippen MR) is 43.9 cm³/mol. The van der Waals surface area contributed by atoms with Crippen molar-refractivity contribution < 1.29 is 4.84 Å². The average Bonchev–Trinajstić information content (AvgIpc) is 1.97. The molecule has 0 aromatic carbocycles. The third-order valence-corrected chi connectivity index (χ3v) is 1.07. The minimum absolute atomic E-state index is 0.740. The molecular weight excluding hydrogens is 126 g/mol. The fourth-order valence-corrected chi connectivity index (χ4v) is 0.458. The highest BCUT2D eigenvalue weighted by Crippen LogP contribution is 1.88. The Labute approximate surface area is 63.3 Å². The summed E-state index contributed by atoms with van der Waals surface area (Å²) in [7, 11) is 0. The van der Waals surface area contributed by atoms with Crippen LogP contribution in [-0.4, -0.2) is 12.8 Å². The van der Waals surface area contributed by atoms with Crippen LogP contribution in [0.1, 0.15) is 32.6 Å². The third kappa shape index (κ3) is 7.47. The first-order valence-electron chi connectivity index (χ1n) is 3.84. The first kappa shape index (κ1) is 9.47. The Hall–Kier alpha value is -0.530. The normalized spacial score (nSPS) is 10.6. The smallest absolute Gasteiger partial charge is 0.117 e. The monoisotopic (exact) mass is 142 g/mol. The highest BCUT2D eigenvalue weighted by Gasteiger charge is 1.80. The van der Waals surface area contributed by atoms with E-state index in [1.165, 1.54) is 0 Å². The Morgan fingerprint density at radius 3 is 3.00 bits per heavy atom. The average molecular weight is 142 g/mol. The lowest BCUT2D eigenvalue weighted by Gasteiger charge is -1.94. The van der Waals surface area contributed by atoms with E-state index in [0.29, 0.717) is 0 Å². The van der Waals surface area contributed by atoms with E-state index in [4.69, 9.17) is 4.84 Å². The topological polar surface area (TPSA) is 21.6 Å². The zero-order valence-corrected chi connectivity index (χ0v) is 6.68. The van der Waals surface area contributed by atoms with Gasteiger partial charge in [0.25, 0.3) is 0 Å². The summed E-state index contributed by atoms with van der Waals surface area (Å²) in [5.74, 6) is 0. The van der Waals surface area contributed by atoms with Gasteiger partial charge in [0.2, 0.25) is 0 Å². The highest BCUT2D eigenvalue weighted by molar-refractivity contribution is 5.56. The number of oxime groups is 1. The van der Waals surface area contributed by atoms with E-state index in [2.05, 4.69) is 19.0 Å². The maximum absolute atomic E-state index is 4.92. The number of unbranched alkanes of at least 4 members (excludes halogenated alkanes) is 2. The Kier molecular flexibility index (Phi) is 8.02. The van der Waals surface area contributed by atoms with Crippen LogP contribution in [0.15, 0.2) is 5.16 Å². The Morgan fingerprint density at radius 2 is 2.40 bits per heavy atom. The zero-order chi connectivity index (χ0) is 7.66. The van der Waals surface area contributed by atoms with E-state index in [1.54, 1.807) is 6.21 Å². The standard InChI is InChI=1S/C8H16NO/c1-3-5-7-9-10-8-6-4-2/h7H,1,3-6,8H2,2H3. The summed E-state index contributed by atoms with van der Waals surface area (Å²) in [6.07, 6.45) is 5.81. The molecule has 0 N–H and O–H groups in total. The Bertz CT molecular complexity index is 81.3. The van der Waals surface area contributed by atoms with Crippen LogP contribution >= 0.6 is 0 Å². The van der Waals surface area contributed by atoms with Crippen LogP contribution in [0.25, 0.3) is 0 Å². The van der Waals surface area contributed by atoms with Gasteiger partial charge in [-0.1, -0.05) is 25.4 Å². The van der Waals surface area contributed by atoms with Gasteiger partial charge in [0.05, 0.1) is 0 Å². The van der Waals surface area contributed by atoms with Crippen LogP contribution in [0, 0.1) is 6.92 Å². The largest absolute Gasteiger partial charge is 0.396 e. The summed E-state index contributed by atoms with van der Waals surface area (Å²) in [5.41, 5.74) is 0. The van der Waals surface area contributed by atoms with Crippen LogP contribution in [0.2, 0.25) is 0 Å². The quantitative estimate of drug-likeness (QED) is 0.317. The molecule has 0 aromatic rings. The van der Waals surface area contributed by atoms with Crippen LogP contribution in [-0.2, 0) is 4.84 Å². The van der Waals surface area contributed by atoms with Gasteiger partial charge in [0, 0.05) is 6.21 Å². The molecule has 0 aliphatic carbocycles. The molecule has 0 unspecified atom stereocenters. The summed E-state index contributed by atoms with van der Waals surface area (Å²) in [6.45, 7) is 6.54. The molecule has 0 amide bonds. The van der Waals surface area contributed by atoms with E-state index >= 15 is 0 Å². The van der Waals surface area contributed by atoms with E-state index in [-0.39, 0.29) is 0 Å². The molecule has 10 heavy (non-hydrogen) atoms. The van der Waals surface area contributed by atoms with E-state index in [1.807, 2.05) is 0 Å². The van der Waals surface area contributed by atoms with Gasteiger partial charge < -0.3 is 4.84 Å². The SMILES string of the molecule is [CH2]CCC=NOCCCC. The van der Waals surface area contributed by atoms with Gasteiger partial charge in [0.15, 0.2) is 0 Å². The van der Waals surface area contributed by atoms with Crippen LogP contribution in [0.4, 0.5) is 0 Å². The summed E-state index contributed by atoms with van der Waals surface area (Å²) in [5, 5.41) is 3.73. The molecule has 0 aliphatic rings. The van der Waals surface area contributed by atoms with Crippen molar-refractivity contribution in [3.05, 3.63) is 6.92 Å². The molecular formula is C8H16NO. The lowest BCUT2D eigenvalue weighted by Crippen LogP contribution is -1.86. The van der Waals surface area contributed by atoms with Gasteiger partial charge >= 0.3 is 0 Å². The van der Waals surface area contributed by atoms with Gasteiger partial charge in [-0.15, -0.1) is 0 Å². The number of rotatable bonds is 6. The molecule has 0 aromatic heterocycles. The molecule has 0 atom stereocenters. The van der Waals surface area contributed by atoms with Gasteiger partial charge in [-0.2, -0.15) is 0 Å². The van der Waals surface area contributed by atoms with Gasteiger partial charge in [0.1, 0.15) is 6.61 Å². The van der Waals surface area contributed by atoms with Crippen molar-refractivity contribution in [2.24, 2.45) is 5.16 Å². The van der Waals surface area contributed by atoms with Crippen molar-refractivity contribution in [1.82, 2.24) is 0 Å². The number of nitrogens with zero attached hydrogens (tertiary/aromatic N) is 1. The maximum atomic E-state index is 4.92. The molecule has 0 saturated heterocycles. The van der Waals surface area contributed by atoms with Crippen molar-refractivity contribution in [3.8, 4) is 0 Å². The van der Waals surface area contributed by atoms with Crippen LogP contribution in [0.5, 0.6) is 0 Å². The number of hydrogen-bond acceptors (Lipinski definition) is 2. The van der Waals surface area contributed by atoms with E-state index in [0.717, 1.165) is 32.3 Å². The fraction of sp³-hybridized carbons (Fsp3) is 0.750. The van der Waals surface area contributed by atoms with Crippen molar-refractivity contribution in [2.75, 3.05) is 6.61 Å². The Balaban J connectivity index is 2.88. The molecule has 0 bridgehead atoms. The van der Waals surface area contributed by atoms with Crippen molar-refractivity contribution in [3.63, 3.8) is 0 Å². The summed E-state index contributed by atoms with van der Waals surface area (Å²) >= 11 is 0. The van der Waals surface area contributed by atoms with Crippen molar-refractivity contribution in [1.29, 1.82) is 0 Å². The molecule has 0 fully saturated rings. The summed E-state index contributed by atoms with van der Waals surface area (Å²) in [4.78, 5) is 4.92. The molecule has 0 heterocycles.